The first-order valence-corrected chi connectivity index (χ1v) is 6.27. The summed E-state index contributed by atoms with van der Waals surface area (Å²) in [5, 5.41) is 7.39. The van der Waals surface area contributed by atoms with Crippen molar-refractivity contribution in [2.45, 2.75) is 6.92 Å². The highest BCUT2D eigenvalue weighted by molar-refractivity contribution is 9.10. The summed E-state index contributed by atoms with van der Waals surface area (Å²) in [6.45, 7) is 4.53. The second-order valence-corrected chi connectivity index (χ2v) is 4.51. The average molecular weight is 300 g/mol. The summed E-state index contributed by atoms with van der Waals surface area (Å²) in [5.74, 6) is 0.0807. The molecule has 0 fully saturated rings. The number of nitrogen functional groups attached to an aromatic ring is 1. The van der Waals surface area contributed by atoms with Crippen LogP contribution >= 0.6 is 15.9 Å². The second-order valence-electron chi connectivity index (χ2n) is 3.65. The molecule has 4 nitrogen and oxygen atoms in total. The van der Waals surface area contributed by atoms with Crippen molar-refractivity contribution in [3.63, 3.8) is 0 Å². The molecule has 0 aromatic heterocycles. The Morgan fingerprint density at radius 2 is 2.24 bits per heavy atom. The summed E-state index contributed by atoms with van der Waals surface area (Å²) in [6.07, 6.45) is 0. The molecule has 0 spiro atoms. The van der Waals surface area contributed by atoms with Crippen molar-refractivity contribution in [3.05, 3.63) is 28.2 Å². The lowest BCUT2D eigenvalue weighted by molar-refractivity contribution is 0.205. The molecule has 17 heavy (non-hydrogen) atoms. The topological polar surface area (TPSA) is 62.3 Å². The second kappa shape index (κ2) is 6.61. The molecule has 0 atom stereocenters. The summed E-state index contributed by atoms with van der Waals surface area (Å²) < 4.78 is 6.03. The molecule has 0 amide bonds. The van der Waals surface area contributed by atoms with Crippen molar-refractivity contribution in [2.75, 3.05) is 31.7 Å². The Hall–Kier alpha value is -1.07. The standard InChI is InChI=1S/C12H18BrN3O/c1-3-16(6-7-17-2)11-5-4-9(12(14)15)8-10(11)13/h4-5,8H,3,6-7H2,1-2H3,(H3,14,15). The van der Waals surface area contributed by atoms with E-state index in [1.165, 1.54) is 0 Å². The first-order chi connectivity index (χ1) is 8.10. The van der Waals surface area contributed by atoms with Crippen LogP contribution < -0.4 is 10.6 Å². The van der Waals surface area contributed by atoms with Gasteiger partial charge >= 0.3 is 0 Å². The van der Waals surface area contributed by atoms with Crippen LogP contribution in [0.3, 0.4) is 0 Å². The number of amidine groups is 1. The van der Waals surface area contributed by atoms with Gasteiger partial charge in [-0.3, -0.25) is 5.41 Å². The average Bonchev–Trinajstić information content (AvgIpc) is 2.31. The Kier molecular flexibility index (Phi) is 5.44. The van der Waals surface area contributed by atoms with E-state index in [0.29, 0.717) is 6.61 Å². The van der Waals surface area contributed by atoms with Crippen LogP contribution in [0.5, 0.6) is 0 Å². The number of benzene rings is 1. The zero-order chi connectivity index (χ0) is 12.8. The van der Waals surface area contributed by atoms with Crippen molar-refractivity contribution in [2.24, 2.45) is 5.73 Å². The number of anilines is 1. The molecule has 5 heteroatoms. The van der Waals surface area contributed by atoms with Gasteiger partial charge in [0.25, 0.3) is 0 Å². The van der Waals surface area contributed by atoms with E-state index in [0.717, 1.165) is 28.8 Å². The third-order valence-electron chi connectivity index (χ3n) is 2.55. The van der Waals surface area contributed by atoms with Crippen LogP contribution in [0.25, 0.3) is 0 Å². The van der Waals surface area contributed by atoms with Gasteiger partial charge in [-0.1, -0.05) is 0 Å². The molecule has 0 bridgehead atoms. The molecular weight excluding hydrogens is 282 g/mol. The number of halogens is 1. The van der Waals surface area contributed by atoms with Crippen LogP contribution in [-0.2, 0) is 4.74 Å². The van der Waals surface area contributed by atoms with Crippen molar-refractivity contribution in [1.29, 1.82) is 5.41 Å². The Bertz CT molecular complexity index is 395. The first kappa shape index (κ1) is 14.0. The Labute approximate surface area is 110 Å². The van der Waals surface area contributed by atoms with Gasteiger partial charge in [0, 0.05) is 30.2 Å². The highest BCUT2D eigenvalue weighted by atomic mass is 79.9. The van der Waals surface area contributed by atoms with Gasteiger partial charge in [-0.05, 0) is 41.1 Å². The van der Waals surface area contributed by atoms with Crippen molar-refractivity contribution >= 4 is 27.5 Å². The molecule has 0 aliphatic rings. The number of nitrogens with two attached hydrogens (primary N) is 1. The molecule has 0 radical (unpaired) electrons. The molecule has 0 saturated carbocycles. The van der Waals surface area contributed by atoms with Gasteiger partial charge < -0.3 is 15.4 Å². The molecular formula is C12H18BrN3O. The minimum absolute atomic E-state index is 0.0807. The molecule has 1 aromatic carbocycles. The molecule has 0 heterocycles. The van der Waals surface area contributed by atoms with Gasteiger partial charge in [0.2, 0.25) is 0 Å². The summed E-state index contributed by atoms with van der Waals surface area (Å²) >= 11 is 3.51. The number of methoxy groups -OCH3 is 1. The quantitative estimate of drug-likeness (QED) is 0.625. The van der Waals surface area contributed by atoms with Gasteiger partial charge in [-0.2, -0.15) is 0 Å². The predicted octanol–water partition coefficient (Wildman–Crippen LogP) is 2.21. The van der Waals surface area contributed by atoms with Crippen LogP contribution in [0.1, 0.15) is 12.5 Å². The van der Waals surface area contributed by atoms with Gasteiger partial charge in [-0.15, -0.1) is 0 Å². The maximum atomic E-state index is 7.39. The Morgan fingerprint density at radius 1 is 1.53 bits per heavy atom. The largest absolute Gasteiger partial charge is 0.384 e. The lowest BCUT2D eigenvalue weighted by Gasteiger charge is -2.24. The van der Waals surface area contributed by atoms with Crippen LogP contribution in [0.15, 0.2) is 22.7 Å². The molecule has 0 aliphatic carbocycles. The van der Waals surface area contributed by atoms with E-state index in [-0.39, 0.29) is 5.84 Å². The van der Waals surface area contributed by atoms with Gasteiger partial charge in [0.15, 0.2) is 0 Å². The fraction of sp³-hybridized carbons (Fsp3) is 0.417. The van der Waals surface area contributed by atoms with Crippen LogP contribution in [0.2, 0.25) is 0 Å². The lowest BCUT2D eigenvalue weighted by atomic mass is 10.2. The van der Waals surface area contributed by atoms with Crippen LogP contribution in [0, 0.1) is 5.41 Å². The Balaban J connectivity index is 2.92. The number of ether oxygens (including phenoxy) is 1. The Morgan fingerprint density at radius 3 is 2.71 bits per heavy atom. The van der Waals surface area contributed by atoms with Gasteiger partial charge in [0.1, 0.15) is 5.84 Å². The molecule has 0 saturated heterocycles. The normalized spacial score (nSPS) is 10.3. The molecule has 1 rings (SSSR count). The molecule has 94 valence electrons. The minimum atomic E-state index is 0.0807. The summed E-state index contributed by atoms with van der Waals surface area (Å²) in [6, 6.07) is 5.70. The zero-order valence-electron chi connectivity index (χ0n) is 10.2. The van der Waals surface area contributed by atoms with E-state index in [1.807, 2.05) is 18.2 Å². The fourth-order valence-electron chi connectivity index (χ4n) is 1.58. The van der Waals surface area contributed by atoms with Gasteiger partial charge in [-0.25, -0.2) is 0 Å². The first-order valence-electron chi connectivity index (χ1n) is 5.48. The summed E-state index contributed by atoms with van der Waals surface area (Å²) in [4.78, 5) is 2.21. The van der Waals surface area contributed by atoms with Crippen LogP contribution in [0.4, 0.5) is 5.69 Å². The summed E-state index contributed by atoms with van der Waals surface area (Å²) in [7, 11) is 1.70. The number of rotatable bonds is 6. The maximum Gasteiger partial charge on any atom is 0.122 e. The monoisotopic (exact) mass is 299 g/mol. The number of hydrogen-bond donors (Lipinski definition) is 2. The van der Waals surface area contributed by atoms with Crippen molar-refractivity contribution < 1.29 is 4.74 Å². The third kappa shape index (κ3) is 3.71. The minimum Gasteiger partial charge on any atom is -0.384 e. The number of nitrogens with zero attached hydrogens (tertiary/aromatic N) is 1. The molecule has 0 unspecified atom stereocenters. The highest BCUT2D eigenvalue weighted by Crippen LogP contribution is 2.27. The smallest absolute Gasteiger partial charge is 0.122 e. The predicted molar refractivity (Wildman–Crippen MR) is 74.9 cm³/mol. The van der Waals surface area contributed by atoms with E-state index in [2.05, 4.69) is 27.8 Å². The number of likely N-dealkylation sites (N-methyl/N-ethyl adjacent to an activating group) is 1. The van der Waals surface area contributed by atoms with E-state index in [4.69, 9.17) is 15.9 Å². The number of nitrogens with one attached hydrogen (secondary N) is 1. The third-order valence-corrected chi connectivity index (χ3v) is 3.18. The van der Waals surface area contributed by atoms with Crippen LogP contribution in [-0.4, -0.2) is 32.6 Å². The highest BCUT2D eigenvalue weighted by Gasteiger charge is 2.09. The summed E-state index contributed by atoms with van der Waals surface area (Å²) in [5.41, 5.74) is 7.27. The molecule has 1 aromatic rings. The number of hydrogen-bond acceptors (Lipinski definition) is 3. The van der Waals surface area contributed by atoms with Gasteiger partial charge in [0.05, 0.1) is 12.3 Å². The van der Waals surface area contributed by atoms with E-state index in [9.17, 15) is 0 Å². The fourth-order valence-corrected chi connectivity index (χ4v) is 2.21. The SMILES string of the molecule is CCN(CCOC)c1ccc(C(=N)N)cc1Br. The van der Waals surface area contributed by atoms with E-state index < -0.39 is 0 Å². The molecule has 0 aliphatic heterocycles. The maximum absolute atomic E-state index is 7.39. The van der Waals surface area contributed by atoms with Crippen molar-refractivity contribution in [1.82, 2.24) is 0 Å². The lowest BCUT2D eigenvalue weighted by Crippen LogP contribution is -2.27. The zero-order valence-corrected chi connectivity index (χ0v) is 11.8. The van der Waals surface area contributed by atoms with E-state index >= 15 is 0 Å². The van der Waals surface area contributed by atoms with E-state index in [1.54, 1.807) is 7.11 Å². The van der Waals surface area contributed by atoms with Crippen molar-refractivity contribution in [3.8, 4) is 0 Å². The molecule has 3 N–H and O–H groups in total.